The van der Waals surface area contributed by atoms with Crippen LogP contribution in [0, 0.1) is 0 Å². The van der Waals surface area contributed by atoms with Crippen LogP contribution in [-0.4, -0.2) is 49.1 Å². The molecule has 1 fully saturated rings. The second-order valence-electron chi connectivity index (χ2n) is 6.04. The first kappa shape index (κ1) is 18.9. The van der Waals surface area contributed by atoms with Crippen molar-refractivity contribution in [1.29, 1.82) is 0 Å². The molecule has 0 saturated carbocycles. The maximum Gasteiger partial charge on any atom is 0.191 e. The Morgan fingerprint density at radius 3 is 2.62 bits per heavy atom. The summed E-state index contributed by atoms with van der Waals surface area (Å²) in [5.41, 5.74) is 1.15. The summed E-state index contributed by atoms with van der Waals surface area (Å²) < 4.78 is 0. The Morgan fingerprint density at radius 2 is 2.00 bits per heavy atom. The molecular formula is C18H31N5S. The number of anilines is 1. The first-order chi connectivity index (χ1) is 11.8. The molecule has 2 heterocycles. The van der Waals surface area contributed by atoms with Crippen LogP contribution in [-0.2, 0) is 6.54 Å². The molecule has 0 aliphatic carbocycles. The van der Waals surface area contributed by atoms with Crippen molar-refractivity contribution in [1.82, 2.24) is 15.6 Å². The maximum atomic E-state index is 4.66. The second-order valence-corrected chi connectivity index (χ2v) is 7.03. The van der Waals surface area contributed by atoms with Crippen LogP contribution in [0.25, 0.3) is 0 Å². The van der Waals surface area contributed by atoms with Gasteiger partial charge in [-0.3, -0.25) is 0 Å². The summed E-state index contributed by atoms with van der Waals surface area (Å²) in [6, 6.07) is 4.30. The van der Waals surface area contributed by atoms with Crippen molar-refractivity contribution in [2.24, 2.45) is 4.99 Å². The van der Waals surface area contributed by atoms with E-state index in [4.69, 9.17) is 0 Å². The number of nitrogens with one attached hydrogen (secondary N) is 2. The third kappa shape index (κ3) is 6.59. The van der Waals surface area contributed by atoms with Gasteiger partial charge in [-0.2, -0.15) is 11.8 Å². The summed E-state index contributed by atoms with van der Waals surface area (Å²) in [7, 11) is 0. The number of guanidine groups is 1. The molecular weight excluding hydrogens is 318 g/mol. The predicted octanol–water partition coefficient (Wildman–Crippen LogP) is 2.88. The molecule has 0 aromatic carbocycles. The number of aromatic nitrogens is 1. The quantitative estimate of drug-likeness (QED) is 0.450. The molecule has 0 unspecified atom stereocenters. The first-order valence-corrected chi connectivity index (χ1v) is 10.4. The molecule has 2 rings (SSSR count). The van der Waals surface area contributed by atoms with Crippen molar-refractivity contribution in [3.05, 3.63) is 23.9 Å². The molecule has 0 spiro atoms. The van der Waals surface area contributed by atoms with Gasteiger partial charge >= 0.3 is 0 Å². The Bertz CT molecular complexity index is 481. The lowest BCUT2D eigenvalue weighted by Crippen LogP contribution is -2.38. The Morgan fingerprint density at radius 1 is 1.21 bits per heavy atom. The van der Waals surface area contributed by atoms with Crippen LogP contribution in [0.3, 0.4) is 0 Å². The summed E-state index contributed by atoms with van der Waals surface area (Å²) in [6.45, 7) is 6.81. The van der Waals surface area contributed by atoms with Crippen molar-refractivity contribution in [2.75, 3.05) is 43.1 Å². The van der Waals surface area contributed by atoms with E-state index in [1.807, 2.05) is 18.0 Å². The van der Waals surface area contributed by atoms with Crippen LogP contribution in [0.4, 0.5) is 5.82 Å². The number of hydrogen-bond acceptors (Lipinski definition) is 4. The number of hydrogen-bond donors (Lipinski definition) is 2. The van der Waals surface area contributed by atoms with Gasteiger partial charge in [0.25, 0.3) is 0 Å². The van der Waals surface area contributed by atoms with E-state index in [9.17, 15) is 0 Å². The van der Waals surface area contributed by atoms with Gasteiger partial charge in [-0.05, 0) is 37.7 Å². The van der Waals surface area contributed by atoms with Crippen LogP contribution in [0.5, 0.6) is 0 Å². The zero-order valence-corrected chi connectivity index (χ0v) is 15.9. The topological polar surface area (TPSA) is 52.6 Å². The minimum atomic E-state index is 0.655. The number of rotatable bonds is 7. The van der Waals surface area contributed by atoms with E-state index in [2.05, 4.69) is 50.8 Å². The Hall–Kier alpha value is -1.43. The fourth-order valence-corrected chi connectivity index (χ4v) is 3.09. The monoisotopic (exact) mass is 349 g/mol. The van der Waals surface area contributed by atoms with Crippen LogP contribution in [0.2, 0.25) is 0 Å². The zero-order chi connectivity index (χ0) is 17.0. The highest BCUT2D eigenvalue weighted by molar-refractivity contribution is 7.98. The molecule has 1 aromatic rings. The summed E-state index contributed by atoms with van der Waals surface area (Å²) in [5, 5.41) is 6.63. The van der Waals surface area contributed by atoms with Crippen molar-refractivity contribution in [2.45, 2.75) is 39.2 Å². The molecule has 134 valence electrons. The van der Waals surface area contributed by atoms with Crippen molar-refractivity contribution >= 4 is 23.5 Å². The lowest BCUT2D eigenvalue weighted by atomic mass is 10.2. The Labute approximate surface area is 150 Å². The van der Waals surface area contributed by atoms with Crippen molar-refractivity contribution < 1.29 is 0 Å². The number of pyridine rings is 1. The molecule has 24 heavy (non-hydrogen) atoms. The minimum absolute atomic E-state index is 0.655. The van der Waals surface area contributed by atoms with Gasteiger partial charge in [0.15, 0.2) is 5.96 Å². The normalized spacial score (nSPS) is 15.9. The van der Waals surface area contributed by atoms with E-state index < -0.39 is 0 Å². The van der Waals surface area contributed by atoms with E-state index in [1.165, 1.54) is 25.7 Å². The lowest BCUT2D eigenvalue weighted by molar-refractivity contribution is 0.726. The Balaban J connectivity index is 1.90. The molecule has 0 bridgehead atoms. The lowest BCUT2D eigenvalue weighted by Gasteiger charge is -2.21. The number of aliphatic imine (C=N–C) groups is 1. The van der Waals surface area contributed by atoms with Crippen molar-refractivity contribution in [3.8, 4) is 0 Å². The summed E-state index contributed by atoms with van der Waals surface area (Å²) in [4.78, 5) is 11.7. The molecule has 1 aliphatic heterocycles. The molecule has 1 saturated heterocycles. The number of thioether (sulfide) groups is 1. The molecule has 0 amide bonds. The minimum Gasteiger partial charge on any atom is -0.357 e. The molecule has 1 aromatic heterocycles. The van der Waals surface area contributed by atoms with Gasteiger partial charge in [-0.25, -0.2) is 9.98 Å². The smallest absolute Gasteiger partial charge is 0.191 e. The summed E-state index contributed by atoms with van der Waals surface area (Å²) in [6.07, 6.45) is 9.33. The van der Waals surface area contributed by atoms with Crippen LogP contribution < -0.4 is 15.5 Å². The highest BCUT2D eigenvalue weighted by atomic mass is 32.2. The average Bonchev–Trinajstić information content (AvgIpc) is 2.90. The molecule has 5 nitrogen and oxygen atoms in total. The highest BCUT2D eigenvalue weighted by Gasteiger charge is 2.10. The van der Waals surface area contributed by atoms with Gasteiger partial charge < -0.3 is 15.5 Å². The zero-order valence-electron chi connectivity index (χ0n) is 15.1. The van der Waals surface area contributed by atoms with Crippen LogP contribution >= 0.6 is 11.8 Å². The van der Waals surface area contributed by atoms with Gasteiger partial charge in [0.1, 0.15) is 5.82 Å². The van der Waals surface area contributed by atoms with E-state index in [-0.39, 0.29) is 0 Å². The molecule has 2 N–H and O–H groups in total. The molecule has 1 aliphatic rings. The van der Waals surface area contributed by atoms with Crippen LogP contribution in [0.15, 0.2) is 23.3 Å². The maximum absolute atomic E-state index is 4.66. The number of nitrogens with zero attached hydrogens (tertiary/aromatic N) is 3. The fraction of sp³-hybridized carbons (Fsp3) is 0.667. The summed E-state index contributed by atoms with van der Waals surface area (Å²) >= 11 is 1.83. The van der Waals surface area contributed by atoms with Gasteiger partial charge in [-0.15, -0.1) is 0 Å². The molecule has 6 heteroatoms. The van der Waals surface area contributed by atoms with Gasteiger partial charge in [-0.1, -0.05) is 18.9 Å². The first-order valence-electron chi connectivity index (χ1n) is 9.04. The molecule has 0 radical (unpaired) electrons. The third-order valence-electron chi connectivity index (χ3n) is 4.10. The van der Waals surface area contributed by atoms with Gasteiger partial charge in [0.05, 0.1) is 6.54 Å². The SMILES string of the molecule is CCNC(=NCc1ccc(N2CCCCCC2)nc1)NCCSC. The predicted molar refractivity (Wildman–Crippen MR) is 106 cm³/mol. The fourth-order valence-electron chi connectivity index (χ4n) is 2.78. The largest absolute Gasteiger partial charge is 0.357 e. The average molecular weight is 350 g/mol. The Kier molecular flexibility index (Phi) is 8.81. The van der Waals surface area contributed by atoms with Crippen LogP contribution in [0.1, 0.15) is 38.2 Å². The van der Waals surface area contributed by atoms with E-state index in [1.54, 1.807) is 0 Å². The standard InChI is InChI=1S/C18H31N5S/c1-3-19-18(20-10-13-24-2)22-15-16-8-9-17(21-14-16)23-11-6-4-5-7-12-23/h8-9,14H,3-7,10-13,15H2,1-2H3,(H2,19,20,22). The van der Waals surface area contributed by atoms with E-state index >= 15 is 0 Å². The van der Waals surface area contributed by atoms with Gasteiger partial charge in [0.2, 0.25) is 0 Å². The van der Waals surface area contributed by atoms with E-state index in [0.717, 1.165) is 49.3 Å². The van der Waals surface area contributed by atoms with E-state index in [0.29, 0.717) is 6.54 Å². The molecule has 0 atom stereocenters. The highest BCUT2D eigenvalue weighted by Crippen LogP contribution is 2.17. The third-order valence-corrected chi connectivity index (χ3v) is 4.71. The second kappa shape index (κ2) is 11.2. The van der Waals surface area contributed by atoms with Crippen molar-refractivity contribution in [3.63, 3.8) is 0 Å². The summed E-state index contributed by atoms with van der Waals surface area (Å²) in [5.74, 6) is 3.06. The van der Waals surface area contributed by atoms with Gasteiger partial charge in [0, 0.05) is 38.1 Å².